The van der Waals surface area contributed by atoms with E-state index < -0.39 is 23.1 Å². The Bertz CT molecular complexity index is 948. The van der Waals surface area contributed by atoms with Gasteiger partial charge < -0.3 is 5.11 Å². The summed E-state index contributed by atoms with van der Waals surface area (Å²) in [5.41, 5.74) is 0.532. The van der Waals surface area contributed by atoms with E-state index >= 15 is 0 Å². The third kappa shape index (κ3) is 2.56. The molecule has 4 aliphatic rings. The molecule has 2 aromatic rings. The number of nitrogens with zero attached hydrogens (tertiary/aromatic N) is 5. The lowest BCUT2D eigenvalue weighted by Gasteiger charge is -2.69. The number of hydrogen-bond donors (Lipinski definition) is 1. The normalized spacial score (nSPS) is 30.2. The molecule has 1 aromatic heterocycles. The fraction of sp³-hybridized carbons (Fsp3) is 0.474. The summed E-state index contributed by atoms with van der Waals surface area (Å²) in [5.74, 6) is -1.39. The van der Waals surface area contributed by atoms with Crippen LogP contribution in [0.4, 0.5) is 8.78 Å². The molecule has 0 spiro atoms. The van der Waals surface area contributed by atoms with Gasteiger partial charge in [-0.25, -0.2) is 13.8 Å². The Balaban J connectivity index is 1.28. The molecule has 2 heterocycles. The first-order valence-electron chi connectivity index (χ1n) is 9.24. The van der Waals surface area contributed by atoms with Gasteiger partial charge in [0.2, 0.25) is 5.91 Å². The summed E-state index contributed by atoms with van der Waals surface area (Å²) in [6.07, 6.45) is 6.00. The van der Waals surface area contributed by atoms with Crippen LogP contribution in [0.2, 0.25) is 0 Å². The highest BCUT2D eigenvalue weighted by Gasteiger charge is 2.72. The fourth-order valence-corrected chi connectivity index (χ4v) is 5.12. The summed E-state index contributed by atoms with van der Waals surface area (Å²) < 4.78 is 28.9. The van der Waals surface area contributed by atoms with Crippen LogP contribution < -0.4 is 0 Å². The van der Waals surface area contributed by atoms with Crippen molar-refractivity contribution in [3.8, 4) is 0 Å². The van der Waals surface area contributed by atoms with Crippen molar-refractivity contribution in [3.63, 3.8) is 0 Å². The maximum absolute atomic E-state index is 13.6. The predicted octanol–water partition coefficient (Wildman–Crippen LogP) is 2.18. The molecule has 7 nitrogen and oxygen atoms in total. The van der Waals surface area contributed by atoms with Gasteiger partial charge in [0.05, 0.1) is 24.3 Å². The van der Waals surface area contributed by atoms with E-state index in [2.05, 4.69) is 15.4 Å². The van der Waals surface area contributed by atoms with Crippen molar-refractivity contribution < 1.29 is 18.7 Å². The summed E-state index contributed by atoms with van der Waals surface area (Å²) in [7, 11) is 0. The standard InChI is InChI=1S/C19H19F2N5O2/c20-13-3-12(4-14(21)5-13)16-1-2-22-26(16)17(28)19-8-18(9-19,10-19)11-25-6-15(7-27)23-24-25/h2-6,16,27H,1,7-11H2. The molecule has 2 bridgehead atoms. The lowest BCUT2D eigenvalue weighted by atomic mass is 9.34. The molecule has 3 saturated carbocycles. The number of hydrogen-bond acceptors (Lipinski definition) is 5. The number of halogens is 2. The van der Waals surface area contributed by atoms with Gasteiger partial charge in [-0.2, -0.15) is 5.10 Å². The minimum Gasteiger partial charge on any atom is -0.390 e. The molecule has 146 valence electrons. The summed E-state index contributed by atoms with van der Waals surface area (Å²) in [4.78, 5) is 13.1. The van der Waals surface area contributed by atoms with Gasteiger partial charge in [-0.05, 0) is 42.4 Å². The Kier molecular flexibility index (Phi) is 3.67. The summed E-state index contributed by atoms with van der Waals surface area (Å²) in [6.45, 7) is 0.515. The van der Waals surface area contributed by atoms with Gasteiger partial charge in [-0.1, -0.05) is 5.21 Å². The third-order valence-electron chi connectivity index (χ3n) is 6.15. The third-order valence-corrected chi connectivity index (χ3v) is 6.15. The maximum atomic E-state index is 13.6. The molecule has 1 unspecified atom stereocenters. The monoisotopic (exact) mass is 387 g/mol. The summed E-state index contributed by atoms with van der Waals surface area (Å²) in [5, 5.41) is 22.6. The largest absolute Gasteiger partial charge is 0.390 e. The number of aliphatic hydroxyl groups is 1. The van der Waals surface area contributed by atoms with Crippen LogP contribution in [0.1, 0.15) is 43.0 Å². The van der Waals surface area contributed by atoms with Crippen LogP contribution in [0.25, 0.3) is 0 Å². The van der Waals surface area contributed by atoms with Crippen LogP contribution in [-0.4, -0.2) is 37.2 Å². The molecule has 1 atom stereocenters. The fourth-order valence-electron chi connectivity index (χ4n) is 5.12. The molecule has 3 fully saturated rings. The SMILES string of the molecule is O=C(N1N=CCC1c1cc(F)cc(F)c1)C12CC(Cn3cc(CO)nn3)(C1)C2. The zero-order valence-corrected chi connectivity index (χ0v) is 15.1. The van der Waals surface area contributed by atoms with Crippen molar-refractivity contribution in [2.75, 3.05) is 0 Å². The Hall–Kier alpha value is -2.68. The zero-order valence-electron chi connectivity index (χ0n) is 15.1. The van der Waals surface area contributed by atoms with Crippen molar-refractivity contribution >= 4 is 12.1 Å². The Morgan fingerprint density at radius 1 is 1.21 bits per heavy atom. The van der Waals surface area contributed by atoms with Crippen molar-refractivity contribution in [1.82, 2.24) is 20.0 Å². The van der Waals surface area contributed by atoms with Gasteiger partial charge in [0, 0.05) is 25.2 Å². The first-order valence-corrected chi connectivity index (χ1v) is 9.24. The second kappa shape index (κ2) is 5.91. The number of aliphatic hydroxyl groups excluding tert-OH is 1. The van der Waals surface area contributed by atoms with E-state index in [0.29, 0.717) is 24.2 Å². The summed E-state index contributed by atoms with van der Waals surface area (Å²) in [6, 6.07) is 2.87. The Labute approximate surface area is 159 Å². The molecule has 0 saturated heterocycles. The molecule has 1 aliphatic heterocycles. The number of benzene rings is 1. The highest BCUT2D eigenvalue weighted by atomic mass is 19.1. The smallest absolute Gasteiger partial charge is 0.249 e. The molecule has 1 amide bonds. The molecular formula is C19H19F2N5O2. The average molecular weight is 387 g/mol. The van der Waals surface area contributed by atoms with Crippen LogP contribution in [-0.2, 0) is 17.9 Å². The van der Waals surface area contributed by atoms with Crippen LogP contribution in [0.5, 0.6) is 0 Å². The van der Waals surface area contributed by atoms with E-state index in [1.165, 1.54) is 17.1 Å². The predicted molar refractivity (Wildman–Crippen MR) is 93.7 cm³/mol. The molecule has 3 aliphatic carbocycles. The van der Waals surface area contributed by atoms with Gasteiger partial charge in [0.1, 0.15) is 17.3 Å². The molecule has 1 N–H and O–H groups in total. The van der Waals surface area contributed by atoms with Crippen molar-refractivity contribution in [2.45, 2.75) is 44.9 Å². The number of aromatic nitrogens is 3. The summed E-state index contributed by atoms with van der Waals surface area (Å²) >= 11 is 0. The van der Waals surface area contributed by atoms with Gasteiger partial charge in [0.25, 0.3) is 0 Å². The topological polar surface area (TPSA) is 83.6 Å². The van der Waals surface area contributed by atoms with E-state index in [0.717, 1.165) is 25.3 Å². The first kappa shape index (κ1) is 17.4. The molecular weight excluding hydrogens is 368 g/mol. The number of amides is 1. The van der Waals surface area contributed by atoms with E-state index in [4.69, 9.17) is 5.11 Å². The van der Waals surface area contributed by atoms with Gasteiger partial charge in [-0.3, -0.25) is 9.48 Å². The molecule has 6 rings (SSSR count). The lowest BCUT2D eigenvalue weighted by molar-refractivity contribution is -0.223. The lowest BCUT2D eigenvalue weighted by Crippen LogP contribution is -2.68. The van der Waals surface area contributed by atoms with E-state index in [1.54, 1.807) is 17.1 Å². The van der Waals surface area contributed by atoms with Gasteiger partial charge in [-0.15, -0.1) is 5.10 Å². The van der Waals surface area contributed by atoms with E-state index in [1.807, 2.05) is 0 Å². The van der Waals surface area contributed by atoms with Crippen LogP contribution in [0.15, 0.2) is 29.5 Å². The second-order valence-electron chi connectivity index (χ2n) is 8.28. The molecule has 9 heteroatoms. The quantitative estimate of drug-likeness (QED) is 0.852. The highest BCUT2D eigenvalue weighted by molar-refractivity contribution is 5.88. The minimum atomic E-state index is -0.658. The number of carbonyl (C=O) groups excluding carboxylic acids is 1. The zero-order chi connectivity index (χ0) is 19.5. The highest BCUT2D eigenvalue weighted by Crippen LogP contribution is 2.74. The van der Waals surface area contributed by atoms with Gasteiger partial charge in [0.15, 0.2) is 0 Å². The van der Waals surface area contributed by atoms with Crippen LogP contribution in [0.3, 0.4) is 0 Å². The van der Waals surface area contributed by atoms with Crippen molar-refractivity contribution in [3.05, 3.63) is 47.3 Å². The van der Waals surface area contributed by atoms with E-state index in [9.17, 15) is 13.6 Å². The molecule has 28 heavy (non-hydrogen) atoms. The van der Waals surface area contributed by atoms with Crippen LogP contribution >= 0.6 is 0 Å². The average Bonchev–Trinajstić information content (AvgIpc) is 3.24. The molecule has 1 aromatic carbocycles. The Morgan fingerprint density at radius 2 is 1.93 bits per heavy atom. The van der Waals surface area contributed by atoms with Crippen molar-refractivity contribution in [2.24, 2.45) is 15.9 Å². The van der Waals surface area contributed by atoms with E-state index in [-0.39, 0.29) is 17.9 Å². The molecule has 0 radical (unpaired) electrons. The first-order chi connectivity index (χ1) is 13.4. The van der Waals surface area contributed by atoms with Gasteiger partial charge >= 0.3 is 0 Å². The maximum Gasteiger partial charge on any atom is 0.249 e. The van der Waals surface area contributed by atoms with Crippen LogP contribution in [0, 0.1) is 22.5 Å². The number of rotatable bonds is 5. The Morgan fingerprint density at radius 3 is 2.57 bits per heavy atom. The second-order valence-corrected chi connectivity index (χ2v) is 8.28. The minimum absolute atomic E-state index is 0.0278. The van der Waals surface area contributed by atoms with Crippen molar-refractivity contribution in [1.29, 1.82) is 0 Å². The number of hydrazone groups is 1. The number of carbonyl (C=O) groups is 1.